The highest BCUT2D eigenvalue weighted by molar-refractivity contribution is 6.03. The number of ketones is 1. The minimum Gasteiger partial charge on any atom is -0.402 e. The average Bonchev–Trinajstić information content (AvgIpc) is 3.03. The van der Waals surface area contributed by atoms with Gasteiger partial charge in [-0.15, -0.1) is 26.3 Å². The van der Waals surface area contributed by atoms with Crippen LogP contribution in [-0.4, -0.2) is 42.2 Å². The number of fused-ring (bicyclic) bond motifs is 1. The van der Waals surface area contributed by atoms with Gasteiger partial charge in [-0.25, -0.2) is 8.78 Å². The molecule has 0 spiro atoms. The van der Waals surface area contributed by atoms with Crippen molar-refractivity contribution in [2.75, 3.05) is 13.1 Å². The molecule has 12 heteroatoms. The van der Waals surface area contributed by atoms with Gasteiger partial charge in [-0.2, -0.15) is 0 Å². The van der Waals surface area contributed by atoms with Crippen molar-refractivity contribution in [2.45, 2.75) is 50.6 Å². The second-order valence-electron chi connectivity index (χ2n) is 9.04. The summed E-state index contributed by atoms with van der Waals surface area (Å²) in [4.78, 5) is 14.7. The molecule has 2 aliphatic rings. The molecule has 0 saturated carbocycles. The number of Topliss-reactive ketones (excluding diaryl/α,β-unsaturated/α-hetero) is 1. The average molecular weight is 523 g/mol. The van der Waals surface area contributed by atoms with E-state index in [4.69, 9.17) is 0 Å². The zero-order chi connectivity index (χ0) is 26.3. The third kappa shape index (κ3) is 6.26. The fraction of sp³-hybridized carbons (Fsp3) is 0.458. The van der Waals surface area contributed by atoms with E-state index in [1.807, 2.05) is 4.90 Å². The van der Waals surface area contributed by atoms with E-state index in [-0.39, 0.29) is 42.6 Å². The third-order valence-electron chi connectivity index (χ3n) is 6.44. The van der Waals surface area contributed by atoms with Crippen LogP contribution < -0.4 is 9.47 Å². The van der Waals surface area contributed by atoms with Gasteiger partial charge >= 0.3 is 12.7 Å². The van der Waals surface area contributed by atoms with Gasteiger partial charge in [-0.05, 0) is 49.4 Å². The van der Waals surface area contributed by atoms with Crippen LogP contribution in [-0.2, 0) is 13.0 Å². The number of halogens is 8. The summed E-state index contributed by atoms with van der Waals surface area (Å²) in [5.41, 5.74) is -1.52. The minimum absolute atomic E-state index is 0.0272. The molecule has 0 bridgehead atoms. The summed E-state index contributed by atoms with van der Waals surface area (Å²) in [6, 6.07) is 7.47. The van der Waals surface area contributed by atoms with Crippen molar-refractivity contribution in [3.05, 3.63) is 58.9 Å². The Hall–Kier alpha value is -2.89. The van der Waals surface area contributed by atoms with Crippen LogP contribution in [0.25, 0.3) is 0 Å². The lowest BCUT2D eigenvalue weighted by Gasteiger charge is -2.37. The van der Waals surface area contributed by atoms with Crippen LogP contribution in [0.3, 0.4) is 0 Å². The SMILES string of the molecule is O=C1c2cc(OC(F)(F)F)c(OC(F)(F)F)cc2CC1CC1(F)CCN(Cc2ccccc2F)CC1. The van der Waals surface area contributed by atoms with E-state index < -0.39 is 41.6 Å². The fourth-order valence-corrected chi connectivity index (χ4v) is 4.78. The van der Waals surface area contributed by atoms with Crippen molar-refractivity contribution < 1.29 is 49.4 Å². The number of nitrogens with zero attached hydrogens (tertiary/aromatic N) is 1. The van der Waals surface area contributed by atoms with E-state index in [9.17, 15) is 35.5 Å². The number of rotatable bonds is 6. The molecule has 1 unspecified atom stereocenters. The van der Waals surface area contributed by atoms with Gasteiger partial charge in [0, 0.05) is 36.7 Å². The number of likely N-dealkylation sites (tertiary alicyclic amines) is 1. The van der Waals surface area contributed by atoms with Crippen molar-refractivity contribution in [1.82, 2.24) is 4.90 Å². The van der Waals surface area contributed by atoms with Crippen LogP contribution in [0.5, 0.6) is 11.5 Å². The smallest absolute Gasteiger partial charge is 0.402 e. The Morgan fingerprint density at radius 1 is 0.944 bits per heavy atom. The van der Waals surface area contributed by atoms with Crippen molar-refractivity contribution in [3.63, 3.8) is 0 Å². The molecule has 4 nitrogen and oxygen atoms in total. The molecular formula is C24H21F8NO3. The Bertz CT molecular complexity index is 1120. The molecule has 2 aromatic carbocycles. The molecular weight excluding hydrogens is 502 g/mol. The van der Waals surface area contributed by atoms with Crippen LogP contribution in [0.2, 0.25) is 0 Å². The highest BCUT2D eigenvalue weighted by Gasteiger charge is 2.43. The van der Waals surface area contributed by atoms with Crippen LogP contribution in [0.1, 0.15) is 40.7 Å². The van der Waals surface area contributed by atoms with Crippen molar-refractivity contribution in [3.8, 4) is 11.5 Å². The molecule has 1 aliphatic carbocycles. The number of alkyl halides is 7. The van der Waals surface area contributed by atoms with Gasteiger partial charge in [0.2, 0.25) is 0 Å². The van der Waals surface area contributed by atoms with E-state index in [0.29, 0.717) is 37.3 Å². The van der Waals surface area contributed by atoms with Crippen LogP contribution >= 0.6 is 0 Å². The number of carbonyl (C=O) groups excluding carboxylic acids is 1. The van der Waals surface area contributed by atoms with Crippen molar-refractivity contribution in [1.29, 1.82) is 0 Å². The van der Waals surface area contributed by atoms with Gasteiger partial charge in [-0.1, -0.05) is 18.2 Å². The normalized spacial score (nSPS) is 20.3. The maximum Gasteiger partial charge on any atom is 0.573 e. The Morgan fingerprint density at radius 2 is 1.53 bits per heavy atom. The van der Waals surface area contributed by atoms with E-state index in [2.05, 4.69) is 9.47 Å². The third-order valence-corrected chi connectivity index (χ3v) is 6.44. The number of hydrogen-bond acceptors (Lipinski definition) is 4. The first-order chi connectivity index (χ1) is 16.7. The lowest BCUT2D eigenvalue weighted by Crippen LogP contribution is -2.43. The largest absolute Gasteiger partial charge is 0.573 e. The molecule has 0 amide bonds. The summed E-state index contributed by atoms with van der Waals surface area (Å²) in [5, 5.41) is 0. The topological polar surface area (TPSA) is 38.8 Å². The molecule has 196 valence electrons. The number of carbonyl (C=O) groups is 1. The zero-order valence-electron chi connectivity index (χ0n) is 18.7. The summed E-state index contributed by atoms with van der Waals surface area (Å²) < 4.78 is 113. The maximum atomic E-state index is 15.6. The van der Waals surface area contributed by atoms with Gasteiger partial charge in [0.05, 0.1) is 0 Å². The number of ether oxygens (including phenoxy) is 2. The van der Waals surface area contributed by atoms with Crippen LogP contribution in [0, 0.1) is 11.7 Å². The summed E-state index contributed by atoms with van der Waals surface area (Å²) in [5.74, 6) is -4.52. The second-order valence-corrected chi connectivity index (χ2v) is 9.04. The molecule has 1 saturated heterocycles. The second kappa shape index (κ2) is 9.53. The van der Waals surface area contributed by atoms with E-state index in [1.165, 1.54) is 6.07 Å². The molecule has 0 aromatic heterocycles. The van der Waals surface area contributed by atoms with Crippen molar-refractivity contribution in [2.24, 2.45) is 5.92 Å². The molecule has 4 rings (SSSR count). The van der Waals surface area contributed by atoms with Gasteiger partial charge in [0.15, 0.2) is 17.3 Å². The van der Waals surface area contributed by atoms with Crippen LogP contribution in [0.15, 0.2) is 36.4 Å². The Kier molecular flexibility index (Phi) is 6.93. The highest BCUT2D eigenvalue weighted by Crippen LogP contribution is 2.44. The number of hydrogen-bond donors (Lipinski definition) is 0. The van der Waals surface area contributed by atoms with Gasteiger partial charge in [-0.3, -0.25) is 9.69 Å². The first kappa shape index (κ1) is 26.2. The molecule has 0 radical (unpaired) electrons. The predicted molar refractivity (Wildman–Crippen MR) is 111 cm³/mol. The van der Waals surface area contributed by atoms with E-state index in [0.717, 1.165) is 0 Å². The summed E-state index contributed by atoms with van der Waals surface area (Å²) in [7, 11) is 0. The molecule has 1 aliphatic heterocycles. The Labute approximate surface area is 200 Å². The van der Waals surface area contributed by atoms with Gasteiger partial charge in [0.25, 0.3) is 0 Å². The summed E-state index contributed by atoms with van der Waals surface area (Å²) in [6.45, 7) is 0.887. The fourth-order valence-electron chi connectivity index (χ4n) is 4.78. The number of benzene rings is 2. The predicted octanol–water partition coefficient (Wildman–Crippen LogP) is 6.37. The zero-order valence-corrected chi connectivity index (χ0v) is 18.7. The monoisotopic (exact) mass is 523 g/mol. The Balaban J connectivity index is 1.45. The van der Waals surface area contributed by atoms with E-state index in [1.54, 1.807) is 18.2 Å². The summed E-state index contributed by atoms with van der Waals surface area (Å²) in [6.07, 6.45) is -10.9. The standard InChI is InChI=1S/C24H21F8NO3/c25-18-4-2-1-3-14(18)13-33-7-5-22(26,6-8-33)12-16-9-15-10-19(35-23(27,28)29)20(36-24(30,31)32)11-17(15)21(16)34/h1-4,10-11,16H,5-9,12-13H2. The molecule has 36 heavy (non-hydrogen) atoms. The number of piperidine rings is 1. The quantitative estimate of drug-likeness (QED) is 0.413. The van der Waals surface area contributed by atoms with Crippen molar-refractivity contribution >= 4 is 5.78 Å². The Morgan fingerprint density at radius 3 is 2.11 bits per heavy atom. The molecule has 0 N–H and O–H groups in total. The first-order valence-electron chi connectivity index (χ1n) is 11.1. The lowest BCUT2D eigenvalue weighted by atomic mass is 9.82. The van der Waals surface area contributed by atoms with Gasteiger partial charge < -0.3 is 9.47 Å². The highest BCUT2D eigenvalue weighted by atomic mass is 19.4. The lowest BCUT2D eigenvalue weighted by molar-refractivity contribution is -0.287. The van der Waals surface area contributed by atoms with E-state index >= 15 is 4.39 Å². The van der Waals surface area contributed by atoms with Gasteiger partial charge in [0.1, 0.15) is 11.5 Å². The molecule has 2 aromatic rings. The molecule has 1 heterocycles. The maximum absolute atomic E-state index is 15.6. The minimum atomic E-state index is -5.32. The van der Waals surface area contributed by atoms with Crippen LogP contribution in [0.4, 0.5) is 35.1 Å². The summed E-state index contributed by atoms with van der Waals surface area (Å²) >= 11 is 0. The molecule has 1 atom stereocenters. The first-order valence-corrected chi connectivity index (χ1v) is 11.1. The molecule has 1 fully saturated rings.